The lowest BCUT2D eigenvalue weighted by atomic mass is 10.1. The van der Waals surface area contributed by atoms with E-state index in [2.05, 4.69) is 15.5 Å². The van der Waals surface area contributed by atoms with Crippen molar-refractivity contribution in [1.82, 2.24) is 20.4 Å². The number of anilines is 1. The molecule has 0 aliphatic carbocycles. The molecule has 1 aromatic rings. The number of nitrogens with two attached hydrogens (primary N) is 1. The van der Waals surface area contributed by atoms with E-state index < -0.39 is 0 Å². The molecule has 2 amide bonds. The summed E-state index contributed by atoms with van der Waals surface area (Å²) in [5, 5.41) is 9.25. The van der Waals surface area contributed by atoms with Crippen LogP contribution in [0.1, 0.15) is 42.4 Å². The Bertz CT molecular complexity index is 467. The van der Waals surface area contributed by atoms with E-state index in [-0.39, 0.29) is 29.8 Å². The Morgan fingerprint density at radius 3 is 2.58 bits per heavy atom. The molecule has 0 saturated carbocycles. The third-order valence-corrected chi connectivity index (χ3v) is 2.91. The zero-order chi connectivity index (χ0) is 14.6. The zero-order valence-electron chi connectivity index (χ0n) is 11.8. The Balaban J connectivity index is 2.74. The van der Waals surface area contributed by atoms with Gasteiger partial charge in [0.05, 0.1) is 11.4 Å². The summed E-state index contributed by atoms with van der Waals surface area (Å²) in [6, 6.07) is 0. The number of nitrogens with one attached hydrogen (secondary N) is 2. The first kappa shape index (κ1) is 15.0. The van der Waals surface area contributed by atoms with Gasteiger partial charge in [0, 0.05) is 27.1 Å². The molecule has 7 heteroatoms. The van der Waals surface area contributed by atoms with Crippen molar-refractivity contribution in [3.8, 4) is 0 Å². The van der Waals surface area contributed by atoms with Gasteiger partial charge in [0.1, 0.15) is 0 Å². The number of aromatic amines is 1. The summed E-state index contributed by atoms with van der Waals surface area (Å²) in [5.74, 6) is -0.229. The molecule has 0 bridgehead atoms. The first-order chi connectivity index (χ1) is 8.88. The van der Waals surface area contributed by atoms with Crippen LogP contribution in [0.5, 0.6) is 0 Å². The average molecular weight is 267 g/mol. The van der Waals surface area contributed by atoms with Crippen molar-refractivity contribution >= 4 is 17.5 Å². The van der Waals surface area contributed by atoms with Crippen molar-refractivity contribution in [2.24, 2.45) is 0 Å². The minimum Gasteiger partial charge on any atom is -0.395 e. The van der Waals surface area contributed by atoms with Gasteiger partial charge in [-0.2, -0.15) is 5.10 Å². The summed E-state index contributed by atoms with van der Waals surface area (Å²) in [7, 11) is 3.18. The highest BCUT2D eigenvalue weighted by atomic mass is 16.2. The number of hydrogen-bond donors (Lipinski definition) is 3. The van der Waals surface area contributed by atoms with Crippen molar-refractivity contribution < 1.29 is 9.59 Å². The maximum absolute atomic E-state index is 12.1. The molecular weight excluding hydrogens is 246 g/mol. The van der Waals surface area contributed by atoms with Crippen molar-refractivity contribution in [2.75, 3.05) is 26.4 Å². The lowest BCUT2D eigenvalue weighted by molar-refractivity contribution is -0.120. The molecule has 1 rings (SSSR count). The Morgan fingerprint density at radius 2 is 2.11 bits per heavy atom. The lowest BCUT2D eigenvalue weighted by Crippen LogP contribution is -2.32. The molecule has 1 heterocycles. The van der Waals surface area contributed by atoms with Gasteiger partial charge in [-0.25, -0.2) is 0 Å². The van der Waals surface area contributed by atoms with Crippen LogP contribution >= 0.6 is 0 Å². The number of carbonyl (C=O) groups is 2. The second kappa shape index (κ2) is 6.21. The molecule has 1 aromatic heterocycles. The third kappa shape index (κ3) is 3.46. The van der Waals surface area contributed by atoms with Gasteiger partial charge in [-0.15, -0.1) is 0 Å². The van der Waals surface area contributed by atoms with Gasteiger partial charge < -0.3 is 16.0 Å². The molecule has 0 saturated heterocycles. The second-order valence-electron chi connectivity index (χ2n) is 4.70. The highest BCUT2D eigenvalue weighted by Gasteiger charge is 2.21. The standard InChI is InChI=1S/C12H21N5O2/c1-7(2)10-9(13)11(16-15-10)12(19)17(4)6-5-8(18)14-3/h7H,5-6,13H2,1-4H3,(H,14,18)(H,15,16). The van der Waals surface area contributed by atoms with Crippen molar-refractivity contribution in [3.63, 3.8) is 0 Å². The zero-order valence-corrected chi connectivity index (χ0v) is 11.8. The van der Waals surface area contributed by atoms with E-state index in [4.69, 9.17) is 5.73 Å². The monoisotopic (exact) mass is 267 g/mol. The van der Waals surface area contributed by atoms with Crippen molar-refractivity contribution in [3.05, 3.63) is 11.4 Å². The fourth-order valence-electron chi connectivity index (χ4n) is 1.64. The van der Waals surface area contributed by atoms with E-state index in [1.807, 2.05) is 13.8 Å². The summed E-state index contributed by atoms with van der Waals surface area (Å²) in [4.78, 5) is 24.7. The van der Waals surface area contributed by atoms with Crippen LogP contribution in [-0.2, 0) is 4.79 Å². The highest BCUT2D eigenvalue weighted by Crippen LogP contribution is 2.22. The number of amides is 2. The van der Waals surface area contributed by atoms with Gasteiger partial charge in [0.25, 0.3) is 5.91 Å². The quantitative estimate of drug-likeness (QED) is 0.714. The normalized spacial score (nSPS) is 10.6. The minimum atomic E-state index is -0.287. The molecule has 4 N–H and O–H groups in total. The maximum atomic E-state index is 12.1. The molecule has 0 spiro atoms. The van der Waals surface area contributed by atoms with E-state index in [9.17, 15) is 9.59 Å². The summed E-state index contributed by atoms with van der Waals surface area (Å²) < 4.78 is 0. The average Bonchev–Trinajstić information content (AvgIpc) is 2.76. The Morgan fingerprint density at radius 1 is 1.47 bits per heavy atom. The predicted octanol–water partition coefficient (Wildman–Crippen LogP) is 0.323. The van der Waals surface area contributed by atoms with Gasteiger partial charge >= 0.3 is 0 Å². The van der Waals surface area contributed by atoms with Crippen LogP contribution in [0.25, 0.3) is 0 Å². The minimum absolute atomic E-state index is 0.113. The lowest BCUT2D eigenvalue weighted by Gasteiger charge is -2.15. The van der Waals surface area contributed by atoms with E-state index in [1.54, 1.807) is 14.1 Å². The highest BCUT2D eigenvalue weighted by molar-refractivity contribution is 5.97. The molecule has 19 heavy (non-hydrogen) atoms. The number of aromatic nitrogens is 2. The van der Waals surface area contributed by atoms with Crippen LogP contribution in [0.4, 0.5) is 5.69 Å². The number of nitrogens with zero attached hydrogens (tertiary/aromatic N) is 2. The largest absolute Gasteiger partial charge is 0.395 e. The smallest absolute Gasteiger partial charge is 0.276 e. The number of rotatable bonds is 5. The molecule has 0 aliphatic rings. The fraction of sp³-hybridized carbons (Fsp3) is 0.583. The molecule has 0 unspecified atom stereocenters. The SMILES string of the molecule is CNC(=O)CCN(C)C(=O)c1n[nH]c(C(C)C)c1N. The van der Waals surface area contributed by atoms with Crippen LogP contribution in [-0.4, -0.2) is 47.6 Å². The topological polar surface area (TPSA) is 104 Å². The van der Waals surface area contributed by atoms with Crippen LogP contribution < -0.4 is 11.1 Å². The van der Waals surface area contributed by atoms with Crippen LogP contribution in [0.3, 0.4) is 0 Å². The summed E-state index contributed by atoms with van der Waals surface area (Å²) in [6.45, 7) is 4.25. The number of nitrogen functional groups attached to an aromatic ring is 1. The Labute approximate surface area is 112 Å². The summed E-state index contributed by atoms with van der Waals surface area (Å²) >= 11 is 0. The Hall–Kier alpha value is -2.05. The van der Waals surface area contributed by atoms with Gasteiger partial charge in [-0.3, -0.25) is 14.7 Å². The van der Waals surface area contributed by atoms with Crippen molar-refractivity contribution in [2.45, 2.75) is 26.2 Å². The first-order valence-electron chi connectivity index (χ1n) is 6.18. The molecule has 0 radical (unpaired) electrons. The third-order valence-electron chi connectivity index (χ3n) is 2.91. The van der Waals surface area contributed by atoms with Crippen LogP contribution in [0, 0.1) is 0 Å². The summed E-state index contributed by atoms with van der Waals surface area (Å²) in [5.41, 5.74) is 7.25. The van der Waals surface area contributed by atoms with E-state index in [0.29, 0.717) is 12.2 Å². The van der Waals surface area contributed by atoms with Gasteiger partial charge in [0.2, 0.25) is 5.91 Å². The molecule has 0 aliphatic heterocycles. The van der Waals surface area contributed by atoms with Gasteiger partial charge in [-0.1, -0.05) is 13.8 Å². The summed E-state index contributed by atoms with van der Waals surface area (Å²) in [6.07, 6.45) is 0.250. The van der Waals surface area contributed by atoms with E-state index in [0.717, 1.165) is 5.69 Å². The number of H-pyrrole nitrogens is 1. The van der Waals surface area contributed by atoms with E-state index >= 15 is 0 Å². The van der Waals surface area contributed by atoms with Crippen LogP contribution in [0.15, 0.2) is 0 Å². The van der Waals surface area contributed by atoms with Crippen molar-refractivity contribution in [1.29, 1.82) is 0 Å². The molecule has 0 atom stereocenters. The maximum Gasteiger partial charge on any atom is 0.276 e. The molecular formula is C12H21N5O2. The molecule has 7 nitrogen and oxygen atoms in total. The predicted molar refractivity (Wildman–Crippen MR) is 72.7 cm³/mol. The second-order valence-corrected chi connectivity index (χ2v) is 4.70. The molecule has 106 valence electrons. The first-order valence-corrected chi connectivity index (χ1v) is 6.18. The van der Waals surface area contributed by atoms with Gasteiger partial charge in [0.15, 0.2) is 5.69 Å². The molecule has 0 aromatic carbocycles. The number of carbonyl (C=O) groups excluding carboxylic acids is 2. The molecule has 0 fully saturated rings. The van der Waals surface area contributed by atoms with Gasteiger partial charge in [-0.05, 0) is 5.92 Å². The van der Waals surface area contributed by atoms with E-state index in [1.165, 1.54) is 4.90 Å². The number of hydrogen-bond acceptors (Lipinski definition) is 4. The fourth-order valence-corrected chi connectivity index (χ4v) is 1.64. The Kier molecular flexibility index (Phi) is 4.91. The van der Waals surface area contributed by atoms with Crippen LogP contribution in [0.2, 0.25) is 0 Å².